The quantitative estimate of drug-likeness (QED) is 0.774. The van der Waals surface area contributed by atoms with Gasteiger partial charge in [0.1, 0.15) is 11.5 Å². The maximum absolute atomic E-state index is 12.1. The molecule has 0 unspecified atom stereocenters. The first kappa shape index (κ1) is 12.4. The van der Waals surface area contributed by atoms with Crippen molar-refractivity contribution in [2.45, 2.75) is 20.3 Å². The van der Waals surface area contributed by atoms with Crippen molar-refractivity contribution < 1.29 is 13.9 Å². The van der Waals surface area contributed by atoms with Crippen LogP contribution in [0.25, 0.3) is 0 Å². The first-order chi connectivity index (χ1) is 8.60. The molecule has 1 heterocycles. The van der Waals surface area contributed by atoms with Crippen molar-refractivity contribution >= 4 is 5.78 Å². The van der Waals surface area contributed by atoms with Gasteiger partial charge in [0.2, 0.25) is 5.78 Å². The summed E-state index contributed by atoms with van der Waals surface area (Å²) in [5.74, 6) is 1.84. The summed E-state index contributed by atoms with van der Waals surface area (Å²) in [5, 5.41) is 0. The Bertz CT molecular complexity index is 567. The second-order valence-electron chi connectivity index (χ2n) is 4.33. The first-order valence-electron chi connectivity index (χ1n) is 5.83. The fourth-order valence-corrected chi connectivity index (χ4v) is 1.89. The Morgan fingerprint density at radius 3 is 2.61 bits per heavy atom. The van der Waals surface area contributed by atoms with Crippen molar-refractivity contribution in [3.05, 3.63) is 53.0 Å². The topological polar surface area (TPSA) is 39.4 Å². The van der Waals surface area contributed by atoms with Gasteiger partial charge in [-0.25, -0.2) is 0 Å². The Morgan fingerprint density at radius 2 is 2.00 bits per heavy atom. The van der Waals surface area contributed by atoms with Gasteiger partial charge in [0, 0.05) is 12.0 Å². The van der Waals surface area contributed by atoms with Crippen molar-refractivity contribution in [1.82, 2.24) is 0 Å². The van der Waals surface area contributed by atoms with E-state index in [-0.39, 0.29) is 12.2 Å². The summed E-state index contributed by atoms with van der Waals surface area (Å²) in [4.78, 5) is 12.1. The number of carbonyl (C=O) groups excluding carboxylic acids is 1. The third kappa shape index (κ3) is 2.62. The Balaban J connectivity index is 2.23. The fourth-order valence-electron chi connectivity index (χ4n) is 1.89. The van der Waals surface area contributed by atoms with Crippen LogP contribution in [0.1, 0.15) is 27.4 Å². The molecule has 0 fully saturated rings. The lowest BCUT2D eigenvalue weighted by atomic mass is 10.0. The highest BCUT2D eigenvalue weighted by Crippen LogP contribution is 2.22. The molecular weight excluding hydrogens is 228 g/mol. The molecule has 2 rings (SSSR count). The van der Waals surface area contributed by atoms with Gasteiger partial charge in [-0.1, -0.05) is 17.7 Å². The van der Waals surface area contributed by atoms with Gasteiger partial charge in [0.25, 0.3) is 0 Å². The number of benzene rings is 1. The van der Waals surface area contributed by atoms with E-state index >= 15 is 0 Å². The van der Waals surface area contributed by atoms with Gasteiger partial charge >= 0.3 is 0 Å². The maximum Gasteiger partial charge on any atom is 0.202 e. The fraction of sp³-hybridized carbons (Fsp3) is 0.267. The van der Waals surface area contributed by atoms with E-state index in [4.69, 9.17) is 9.15 Å². The summed E-state index contributed by atoms with van der Waals surface area (Å²) in [5.41, 5.74) is 1.99. The van der Waals surface area contributed by atoms with Crippen LogP contribution >= 0.6 is 0 Å². The van der Waals surface area contributed by atoms with E-state index in [0.29, 0.717) is 5.76 Å². The highest BCUT2D eigenvalue weighted by atomic mass is 16.5. The van der Waals surface area contributed by atoms with Crippen LogP contribution < -0.4 is 4.74 Å². The summed E-state index contributed by atoms with van der Waals surface area (Å²) >= 11 is 0. The molecule has 0 bridgehead atoms. The van der Waals surface area contributed by atoms with Crippen LogP contribution in [0, 0.1) is 13.8 Å². The van der Waals surface area contributed by atoms with Crippen LogP contribution in [0.5, 0.6) is 5.75 Å². The van der Waals surface area contributed by atoms with E-state index in [2.05, 4.69) is 0 Å². The SMILES string of the molecule is COc1ccc(C)cc1CC(=O)c1ccc(C)o1. The van der Waals surface area contributed by atoms with Gasteiger partial charge < -0.3 is 9.15 Å². The highest BCUT2D eigenvalue weighted by Gasteiger charge is 2.14. The number of ketones is 1. The van der Waals surface area contributed by atoms with Crippen LogP contribution in [-0.4, -0.2) is 12.9 Å². The zero-order chi connectivity index (χ0) is 13.1. The summed E-state index contributed by atoms with van der Waals surface area (Å²) in [6.45, 7) is 3.81. The molecule has 0 aliphatic carbocycles. The summed E-state index contributed by atoms with van der Waals surface area (Å²) < 4.78 is 10.6. The summed E-state index contributed by atoms with van der Waals surface area (Å²) in [6, 6.07) is 9.31. The molecule has 0 atom stereocenters. The number of aryl methyl sites for hydroxylation is 2. The van der Waals surface area contributed by atoms with Crippen molar-refractivity contribution in [2.75, 3.05) is 7.11 Å². The number of furan rings is 1. The van der Waals surface area contributed by atoms with E-state index in [1.807, 2.05) is 32.0 Å². The minimum atomic E-state index is -0.0352. The largest absolute Gasteiger partial charge is 0.496 e. The van der Waals surface area contributed by atoms with Crippen molar-refractivity contribution in [2.24, 2.45) is 0 Å². The van der Waals surface area contributed by atoms with Crippen LogP contribution in [0.3, 0.4) is 0 Å². The Hall–Kier alpha value is -2.03. The van der Waals surface area contributed by atoms with E-state index in [1.165, 1.54) is 0 Å². The zero-order valence-corrected chi connectivity index (χ0v) is 10.8. The molecule has 0 saturated heterocycles. The normalized spacial score (nSPS) is 10.4. The molecule has 3 heteroatoms. The number of hydrogen-bond donors (Lipinski definition) is 0. The number of carbonyl (C=O) groups is 1. The highest BCUT2D eigenvalue weighted by molar-refractivity contribution is 5.95. The van der Waals surface area contributed by atoms with Crippen molar-refractivity contribution in [3.8, 4) is 5.75 Å². The maximum atomic E-state index is 12.1. The lowest BCUT2D eigenvalue weighted by molar-refractivity contribution is 0.0964. The number of rotatable bonds is 4. The molecule has 1 aromatic heterocycles. The first-order valence-corrected chi connectivity index (χ1v) is 5.83. The van der Waals surface area contributed by atoms with E-state index in [0.717, 1.165) is 22.6 Å². The lowest BCUT2D eigenvalue weighted by Gasteiger charge is -2.08. The lowest BCUT2D eigenvalue weighted by Crippen LogP contribution is -2.04. The van der Waals surface area contributed by atoms with Gasteiger partial charge in [0.15, 0.2) is 5.76 Å². The molecule has 0 amide bonds. The molecule has 0 aliphatic heterocycles. The molecule has 0 N–H and O–H groups in total. The van der Waals surface area contributed by atoms with Crippen LogP contribution in [0.2, 0.25) is 0 Å². The monoisotopic (exact) mass is 244 g/mol. The Labute approximate surface area is 106 Å². The summed E-state index contributed by atoms with van der Waals surface area (Å²) in [6.07, 6.45) is 0.289. The van der Waals surface area contributed by atoms with E-state index < -0.39 is 0 Å². The van der Waals surface area contributed by atoms with Crippen molar-refractivity contribution in [3.63, 3.8) is 0 Å². The van der Waals surface area contributed by atoms with Gasteiger partial charge in [-0.2, -0.15) is 0 Å². The Kier molecular flexibility index (Phi) is 3.51. The van der Waals surface area contributed by atoms with E-state index in [9.17, 15) is 4.79 Å². The van der Waals surface area contributed by atoms with Crippen LogP contribution in [0.4, 0.5) is 0 Å². The number of methoxy groups -OCH3 is 1. The average molecular weight is 244 g/mol. The predicted molar refractivity (Wildman–Crippen MR) is 69.2 cm³/mol. The Morgan fingerprint density at radius 1 is 1.22 bits per heavy atom. The smallest absolute Gasteiger partial charge is 0.202 e. The minimum Gasteiger partial charge on any atom is -0.496 e. The molecule has 2 aromatic rings. The van der Waals surface area contributed by atoms with Gasteiger partial charge in [-0.3, -0.25) is 4.79 Å². The summed E-state index contributed by atoms with van der Waals surface area (Å²) in [7, 11) is 1.61. The molecule has 0 spiro atoms. The number of ether oxygens (including phenoxy) is 1. The molecule has 0 radical (unpaired) electrons. The zero-order valence-electron chi connectivity index (χ0n) is 10.8. The van der Waals surface area contributed by atoms with Gasteiger partial charge in [-0.15, -0.1) is 0 Å². The van der Waals surface area contributed by atoms with Gasteiger partial charge in [-0.05, 0) is 32.0 Å². The van der Waals surface area contributed by atoms with E-state index in [1.54, 1.807) is 19.2 Å². The molecule has 18 heavy (non-hydrogen) atoms. The molecule has 94 valence electrons. The second-order valence-corrected chi connectivity index (χ2v) is 4.33. The predicted octanol–water partition coefficient (Wildman–Crippen LogP) is 3.33. The van der Waals surface area contributed by atoms with Crippen LogP contribution in [0.15, 0.2) is 34.7 Å². The third-order valence-corrected chi connectivity index (χ3v) is 2.80. The third-order valence-electron chi connectivity index (χ3n) is 2.80. The van der Waals surface area contributed by atoms with Crippen LogP contribution in [-0.2, 0) is 6.42 Å². The van der Waals surface area contributed by atoms with Crippen molar-refractivity contribution in [1.29, 1.82) is 0 Å². The minimum absolute atomic E-state index is 0.0352. The number of hydrogen-bond acceptors (Lipinski definition) is 3. The molecule has 0 saturated carbocycles. The molecule has 3 nitrogen and oxygen atoms in total. The molecular formula is C15H16O3. The standard InChI is InChI=1S/C15H16O3/c1-10-4-6-14(17-3)12(8-10)9-13(16)15-7-5-11(2)18-15/h4-8H,9H2,1-3H3. The molecule has 0 aliphatic rings. The average Bonchev–Trinajstić information content (AvgIpc) is 2.76. The molecule has 1 aromatic carbocycles. The number of Topliss-reactive ketones (excluding diaryl/α,β-unsaturated/α-hetero) is 1. The second kappa shape index (κ2) is 5.08. The van der Waals surface area contributed by atoms with Gasteiger partial charge in [0.05, 0.1) is 7.11 Å².